The minimum Gasteiger partial charge on any atom is -0.237 e. The van der Waals surface area contributed by atoms with Gasteiger partial charge >= 0.3 is 0 Å². The van der Waals surface area contributed by atoms with Crippen LogP contribution >= 0.6 is 0 Å². The van der Waals surface area contributed by atoms with Crippen molar-refractivity contribution < 1.29 is 4.39 Å². The summed E-state index contributed by atoms with van der Waals surface area (Å²) in [6.45, 7) is 1.76. The minimum atomic E-state index is -0.491. The van der Waals surface area contributed by atoms with Crippen LogP contribution in [0.5, 0.6) is 0 Å². The Balaban J connectivity index is 2.36. The summed E-state index contributed by atoms with van der Waals surface area (Å²) in [6, 6.07) is 1.96. The third-order valence-electron chi connectivity index (χ3n) is 3.38. The van der Waals surface area contributed by atoms with Crippen molar-refractivity contribution in [3.63, 3.8) is 0 Å². The van der Waals surface area contributed by atoms with Gasteiger partial charge in [-0.3, -0.25) is 0 Å². The molecule has 0 atom stereocenters. The Morgan fingerprint density at radius 3 is 2.88 bits per heavy atom. The van der Waals surface area contributed by atoms with E-state index in [1.54, 1.807) is 11.4 Å². The highest BCUT2D eigenvalue weighted by Crippen LogP contribution is 2.39. The van der Waals surface area contributed by atoms with Crippen LogP contribution in [0, 0.1) is 24.1 Å². The van der Waals surface area contributed by atoms with Crippen molar-refractivity contribution in [1.82, 2.24) is 14.6 Å². The van der Waals surface area contributed by atoms with Gasteiger partial charge in [-0.1, -0.05) is 6.42 Å². The molecule has 2 heterocycles. The van der Waals surface area contributed by atoms with Gasteiger partial charge in [-0.05, 0) is 19.8 Å². The maximum absolute atomic E-state index is 14.0. The molecule has 0 saturated heterocycles. The Kier molecular flexibility index (Phi) is 2.11. The minimum absolute atomic E-state index is 0.134. The van der Waals surface area contributed by atoms with Gasteiger partial charge in [0.05, 0.1) is 11.9 Å². The number of aromatic nitrogens is 3. The quantitative estimate of drug-likeness (QED) is 0.755. The fourth-order valence-electron chi connectivity index (χ4n) is 2.28. The van der Waals surface area contributed by atoms with E-state index in [1.165, 1.54) is 6.20 Å². The van der Waals surface area contributed by atoms with Gasteiger partial charge in [0.1, 0.15) is 23.0 Å². The van der Waals surface area contributed by atoms with Gasteiger partial charge in [0.15, 0.2) is 5.82 Å². The largest absolute Gasteiger partial charge is 0.237 e. The molecule has 17 heavy (non-hydrogen) atoms. The first-order valence-electron chi connectivity index (χ1n) is 5.66. The summed E-state index contributed by atoms with van der Waals surface area (Å²) >= 11 is 0. The van der Waals surface area contributed by atoms with E-state index < -0.39 is 5.82 Å². The van der Waals surface area contributed by atoms with Crippen molar-refractivity contribution in [1.29, 1.82) is 5.26 Å². The lowest BCUT2D eigenvalue weighted by Gasteiger charge is -2.25. The van der Waals surface area contributed by atoms with Gasteiger partial charge in [-0.25, -0.2) is 13.9 Å². The predicted molar refractivity (Wildman–Crippen MR) is 59.0 cm³/mol. The van der Waals surface area contributed by atoms with Crippen LogP contribution in [0.15, 0.2) is 6.20 Å². The summed E-state index contributed by atoms with van der Waals surface area (Å²) in [5.74, 6) is 0.350. The van der Waals surface area contributed by atoms with E-state index in [0.29, 0.717) is 11.3 Å². The summed E-state index contributed by atoms with van der Waals surface area (Å²) in [7, 11) is 0. The molecular formula is C12H11FN4. The topological polar surface area (TPSA) is 54.0 Å². The molecule has 0 aromatic carbocycles. The number of fused-ring (bicyclic) bond motifs is 1. The molecule has 0 spiro atoms. The summed E-state index contributed by atoms with van der Waals surface area (Å²) < 4.78 is 15.6. The van der Waals surface area contributed by atoms with E-state index in [4.69, 9.17) is 5.26 Å². The van der Waals surface area contributed by atoms with Crippen molar-refractivity contribution in [3.8, 4) is 6.07 Å². The Morgan fingerprint density at radius 2 is 2.29 bits per heavy atom. The number of nitriles is 1. The number of nitrogens with zero attached hydrogens (tertiary/aromatic N) is 4. The van der Waals surface area contributed by atoms with Crippen LogP contribution in [0.1, 0.15) is 42.3 Å². The van der Waals surface area contributed by atoms with Crippen molar-refractivity contribution in [3.05, 3.63) is 29.1 Å². The zero-order valence-corrected chi connectivity index (χ0v) is 9.44. The first kappa shape index (κ1) is 10.2. The molecule has 0 amide bonds. The molecule has 5 heteroatoms. The number of hydrogen-bond acceptors (Lipinski definition) is 3. The molecule has 1 saturated carbocycles. The molecule has 0 aliphatic heterocycles. The maximum Gasteiger partial charge on any atom is 0.170 e. The molecule has 4 nitrogen and oxygen atoms in total. The molecule has 2 aromatic heterocycles. The average Bonchev–Trinajstić information content (AvgIpc) is 2.50. The molecule has 1 fully saturated rings. The van der Waals surface area contributed by atoms with Gasteiger partial charge < -0.3 is 0 Å². The van der Waals surface area contributed by atoms with E-state index >= 15 is 0 Å². The van der Waals surface area contributed by atoms with Crippen molar-refractivity contribution >= 4 is 5.52 Å². The first-order chi connectivity index (χ1) is 8.22. The number of rotatable bonds is 1. The van der Waals surface area contributed by atoms with Crippen LogP contribution in [-0.4, -0.2) is 14.6 Å². The lowest BCUT2D eigenvalue weighted by atomic mass is 9.82. The van der Waals surface area contributed by atoms with Gasteiger partial charge in [0.2, 0.25) is 0 Å². The summed E-state index contributed by atoms with van der Waals surface area (Å²) in [6.07, 6.45) is 4.59. The molecule has 0 bridgehead atoms. The third-order valence-corrected chi connectivity index (χ3v) is 3.38. The lowest BCUT2D eigenvalue weighted by molar-refractivity contribution is 0.404. The average molecular weight is 230 g/mol. The number of hydrogen-bond donors (Lipinski definition) is 0. The SMILES string of the molecule is Cc1ncc2c(F)c(C#N)c(C3CCC3)n2n1. The zero-order chi connectivity index (χ0) is 12.0. The van der Waals surface area contributed by atoms with Gasteiger partial charge in [-0.2, -0.15) is 10.4 Å². The highest BCUT2D eigenvalue weighted by Gasteiger charge is 2.29. The molecule has 86 valence electrons. The Labute approximate surface area is 97.7 Å². The smallest absolute Gasteiger partial charge is 0.170 e. The van der Waals surface area contributed by atoms with Crippen LogP contribution in [0.3, 0.4) is 0 Å². The molecule has 0 radical (unpaired) electrons. The van der Waals surface area contributed by atoms with Crippen molar-refractivity contribution in [2.75, 3.05) is 0 Å². The highest BCUT2D eigenvalue weighted by atomic mass is 19.1. The third kappa shape index (κ3) is 1.34. The number of halogens is 1. The summed E-state index contributed by atoms with van der Waals surface area (Å²) in [5, 5.41) is 13.3. The van der Waals surface area contributed by atoms with Crippen LogP contribution in [0.25, 0.3) is 5.52 Å². The fraction of sp³-hybridized carbons (Fsp3) is 0.417. The van der Waals surface area contributed by atoms with Crippen LogP contribution < -0.4 is 0 Å². The first-order valence-corrected chi connectivity index (χ1v) is 5.66. The molecule has 2 aromatic rings. The van der Waals surface area contributed by atoms with E-state index in [2.05, 4.69) is 10.1 Å². The molecule has 1 aliphatic carbocycles. The molecule has 0 N–H and O–H groups in total. The van der Waals surface area contributed by atoms with Gasteiger partial charge in [0.25, 0.3) is 0 Å². The predicted octanol–water partition coefficient (Wildman–Crippen LogP) is 2.32. The Bertz CT molecular complexity index is 634. The van der Waals surface area contributed by atoms with Crippen LogP contribution in [0.2, 0.25) is 0 Å². The van der Waals surface area contributed by atoms with Crippen molar-refractivity contribution in [2.45, 2.75) is 32.1 Å². The zero-order valence-electron chi connectivity index (χ0n) is 9.44. The highest BCUT2D eigenvalue weighted by molar-refractivity contribution is 5.58. The number of aryl methyl sites for hydroxylation is 1. The van der Waals surface area contributed by atoms with E-state index in [1.807, 2.05) is 6.07 Å². The van der Waals surface area contributed by atoms with E-state index in [9.17, 15) is 4.39 Å². The Morgan fingerprint density at radius 1 is 1.53 bits per heavy atom. The maximum atomic E-state index is 14.0. The molecule has 1 aliphatic rings. The summed E-state index contributed by atoms with van der Waals surface area (Å²) in [4.78, 5) is 3.98. The normalized spacial score (nSPS) is 15.8. The second-order valence-corrected chi connectivity index (χ2v) is 4.42. The molecule has 0 unspecified atom stereocenters. The second-order valence-electron chi connectivity index (χ2n) is 4.42. The lowest BCUT2D eigenvalue weighted by Crippen LogP contribution is -2.14. The van der Waals surface area contributed by atoms with Crippen LogP contribution in [0.4, 0.5) is 4.39 Å². The second kappa shape index (κ2) is 3.52. The molecule has 3 rings (SSSR count). The summed E-state index contributed by atoms with van der Waals surface area (Å²) in [5.41, 5.74) is 1.15. The van der Waals surface area contributed by atoms with E-state index in [-0.39, 0.29) is 11.5 Å². The van der Waals surface area contributed by atoms with Gasteiger partial charge in [0, 0.05) is 5.92 Å². The fourth-order valence-corrected chi connectivity index (χ4v) is 2.28. The van der Waals surface area contributed by atoms with Crippen molar-refractivity contribution in [2.24, 2.45) is 0 Å². The standard InChI is InChI=1S/C12H11FN4/c1-7-15-6-10-11(13)9(5-14)12(17(10)16-7)8-3-2-4-8/h6,8H,2-4H2,1H3. The monoisotopic (exact) mass is 230 g/mol. The Hall–Kier alpha value is -1.96. The molecular weight excluding hydrogens is 219 g/mol. The van der Waals surface area contributed by atoms with Crippen LogP contribution in [-0.2, 0) is 0 Å². The van der Waals surface area contributed by atoms with Gasteiger partial charge in [-0.15, -0.1) is 0 Å². The van der Waals surface area contributed by atoms with E-state index in [0.717, 1.165) is 25.0 Å².